The third-order valence-corrected chi connectivity index (χ3v) is 9.70. The molecule has 2 heterocycles. The molecule has 0 bridgehead atoms. The molecule has 0 saturated heterocycles. The van der Waals surface area contributed by atoms with E-state index in [1.807, 2.05) is 6.92 Å². The van der Waals surface area contributed by atoms with Gasteiger partial charge in [-0.1, -0.05) is 18.2 Å². The third kappa shape index (κ3) is 9.27. The second-order valence-electron chi connectivity index (χ2n) is 12.5. The molecule has 3 aromatic carbocycles. The number of fused-ring (bicyclic) bond motifs is 1. The van der Waals surface area contributed by atoms with Crippen molar-refractivity contribution >= 4 is 26.8 Å². The largest absolute Gasteiger partial charge is 0.494 e. The Morgan fingerprint density at radius 3 is 2.38 bits per heavy atom. The summed E-state index contributed by atoms with van der Waals surface area (Å²) in [5, 5.41) is 0.0580. The highest BCUT2D eigenvalue weighted by Crippen LogP contribution is 2.32. The van der Waals surface area contributed by atoms with Crippen molar-refractivity contribution in [1.29, 1.82) is 0 Å². The van der Waals surface area contributed by atoms with Crippen LogP contribution >= 0.6 is 0 Å². The summed E-state index contributed by atoms with van der Waals surface area (Å²) in [7, 11) is 1.06. The number of hydrogen-bond donors (Lipinski definition) is 1. The van der Waals surface area contributed by atoms with Crippen molar-refractivity contribution in [2.24, 2.45) is 7.05 Å². The van der Waals surface area contributed by atoms with Gasteiger partial charge in [-0.2, -0.15) is 13.2 Å². The number of imidazole rings is 1. The van der Waals surface area contributed by atoms with Crippen molar-refractivity contribution in [3.8, 4) is 11.4 Å². The third-order valence-electron chi connectivity index (χ3n) is 8.35. The molecule has 5 rings (SSSR count). The van der Waals surface area contributed by atoms with Crippen LogP contribution in [0.1, 0.15) is 36.3 Å². The lowest BCUT2D eigenvalue weighted by molar-refractivity contribution is -0.140. The molecule has 282 valence electrons. The standard InChI is InChI=1S/C36H39F4N7O5S/c1-5-52-26-13-11-25(12-14-26)47-34(43-30-9-7-6-8-27(30)35(47)49)31(16-17-42-53(50,51)32-22-45(4)23-41-32)46(19-18-44(2)3)33(48)21-24-10-15-28(29(37)20-24)36(38,39)40/h6-15,20,22-23,31,42H,5,16-19,21H2,1-4H3. The number of aromatic nitrogens is 4. The topological polar surface area (TPSA) is 132 Å². The zero-order chi connectivity index (χ0) is 38.5. The van der Waals surface area contributed by atoms with Crippen LogP contribution < -0.4 is 15.0 Å². The second-order valence-corrected chi connectivity index (χ2v) is 14.2. The lowest BCUT2D eigenvalue weighted by atomic mass is 10.0. The number of amides is 1. The number of benzene rings is 3. The lowest BCUT2D eigenvalue weighted by Gasteiger charge is -2.34. The number of rotatable bonds is 15. The molecule has 17 heteroatoms. The van der Waals surface area contributed by atoms with Gasteiger partial charge >= 0.3 is 6.18 Å². The Kier molecular flexibility index (Phi) is 12.0. The number of halogens is 4. The summed E-state index contributed by atoms with van der Waals surface area (Å²) < 4.78 is 91.9. The SMILES string of the molecule is CCOc1ccc(-n2c(C(CCNS(=O)(=O)c3cn(C)cn3)N(CCN(C)C)C(=O)Cc3ccc(C(F)(F)F)c(F)c3)nc3ccccc3c2=O)cc1. The normalized spacial score (nSPS) is 12.7. The Bertz CT molecular complexity index is 2240. The molecule has 0 saturated carbocycles. The minimum absolute atomic E-state index is 0.0136. The molecule has 0 aliphatic carbocycles. The van der Waals surface area contributed by atoms with E-state index in [1.54, 1.807) is 74.6 Å². The number of hydrogen-bond acceptors (Lipinski definition) is 8. The van der Waals surface area contributed by atoms with Crippen molar-refractivity contribution < 1.29 is 35.5 Å². The Labute approximate surface area is 303 Å². The summed E-state index contributed by atoms with van der Waals surface area (Å²) in [4.78, 5) is 40.6. The molecule has 12 nitrogen and oxygen atoms in total. The van der Waals surface area contributed by atoms with Gasteiger partial charge in [-0.05, 0) is 81.5 Å². The van der Waals surface area contributed by atoms with Crippen molar-refractivity contribution in [3.63, 3.8) is 0 Å². The lowest BCUT2D eigenvalue weighted by Crippen LogP contribution is -2.43. The highest BCUT2D eigenvalue weighted by molar-refractivity contribution is 7.89. The van der Waals surface area contributed by atoms with Crippen LogP contribution in [-0.2, 0) is 34.5 Å². The molecule has 1 atom stereocenters. The van der Waals surface area contributed by atoms with Gasteiger partial charge in [0.05, 0.1) is 47.6 Å². The first kappa shape index (κ1) is 39.1. The fourth-order valence-corrected chi connectivity index (χ4v) is 6.80. The quantitative estimate of drug-likeness (QED) is 0.152. The Hall–Kier alpha value is -5.13. The van der Waals surface area contributed by atoms with Gasteiger partial charge in [0.1, 0.15) is 17.4 Å². The molecule has 0 spiro atoms. The van der Waals surface area contributed by atoms with Gasteiger partial charge in [0.25, 0.3) is 15.6 Å². The monoisotopic (exact) mass is 757 g/mol. The molecule has 1 unspecified atom stereocenters. The first-order valence-electron chi connectivity index (χ1n) is 16.6. The Morgan fingerprint density at radius 1 is 1.04 bits per heavy atom. The van der Waals surface area contributed by atoms with Crippen molar-refractivity contribution in [2.45, 2.75) is 37.0 Å². The Morgan fingerprint density at radius 2 is 1.75 bits per heavy atom. The summed E-state index contributed by atoms with van der Waals surface area (Å²) in [5.74, 6) is -1.50. The summed E-state index contributed by atoms with van der Waals surface area (Å²) in [5.41, 5.74) is -1.23. The number of sulfonamides is 1. The van der Waals surface area contributed by atoms with Gasteiger partial charge in [0.15, 0.2) is 5.03 Å². The minimum atomic E-state index is -4.93. The number of para-hydroxylation sites is 1. The van der Waals surface area contributed by atoms with Crippen LogP contribution in [0, 0.1) is 5.82 Å². The zero-order valence-electron chi connectivity index (χ0n) is 29.5. The van der Waals surface area contributed by atoms with E-state index < -0.39 is 51.5 Å². The number of nitrogens with one attached hydrogen (secondary N) is 1. The van der Waals surface area contributed by atoms with Gasteiger partial charge in [-0.15, -0.1) is 0 Å². The fourth-order valence-electron chi connectivity index (χ4n) is 5.77. The van der Waals surface area contributed by atoms with E-state index in [1.165, 1.54) is 26.6 Å². The first-order valence-corrected chi connectivity index (χ1v) is 18.1. The highest BCUT2D eigenvalue weighted by Gasteiger charge is 2.35. The van der Waals surface area contributed by atoms with E-state index in [0.717, 1.165) is 6.07 Å². The molecular formula is C36H39F4N7O5S. The maximum absolute atomic E-state index is 14.6. The number of carbonyl (C=O) groups excluding carboxylic acids is 1. The van der Waals surface area contributed by atoms with Crippen molar-refractivity contribution in [1.82, 2.24) is 33.6 Å². The molecule has 0 aliphatic rings. The predicted molar refractivity (Wildman–Crippen MR) is 190 cm³/mol. The van der Waals surface area contributed by atoms with Crippen LogP contribution in [0.2, 0.25) is 0 Å². The van der Waals surface area contributed by atoms with Crippen molar-refractivity contribution in [3.05, 3.63) is 112 Å². The van der Waals surface area contributed by atoms with Crippen LogP contribution in [0.5, 0.6) is 5.75 Å². The smallest absolute Gasteiger partial charge is 0.419 e. The minimum Gasteiger partial charge on any atom is -0.494 e. The number of alkyl halides is 3. The molecule has 0 radical (unpaired) electrons. The molecular weight excluding hydrogens is 718 g/mol. The molecule has 53 heavy (non-hydrogen) atoms. The van der Waals surface area contributed by atoms with E-state index in [2.05, 4.69) is 9.71 Å². The van der Waals surface area contributed by atoms with Crippen LogP contribution in [-0.4, -0.2) is 83.6 Å². The van der Waals surface area contributed by atoms with Gasteiger partial charge in [0.2, 0.25) is 5.91 Å². The zero-order valence-corrected chi connectivity index (χ0v) is 30.3. The van der Waals surface area contributed by atoms with Crippen LogP contribution in [0.4, 0.5) is 17.6 Å². The van der Waals surface area contributed by atoms with E-state index in [0.29, 0.717) is 42.2 Å². The number of carbonyl (C=O) groups is 1. The maximum Gasteiger partial charge on any atom is 0.419 e. The van der Waals surface area contributed by atoms with Crippen LogP contribution in [0.25, 0.3) is 16.6 Å². The molecule has 2 aromatic heterocycles. The van der Waals surface area contributed by atoms with Gasteiger partial charge in [-0.3, -0.25) is 14.2 Å². The average molecular weight is 758 g/mol. The van der Waals surface area contributed by atoms with E-state index in [9.17, 15) is 35.6 Å². The van der Waals surface area contributed by atoms with Gasteiger partial charge in [0, 0.05) is 32.9 Å². The van der Waals surface area contributed by atoms with Gasteiger partial charge < -0.3 is 19.1 Å². The second kappa shape index (κ2) is 16.3. The summed E-state index contributed by atoms with van der Waals surface area (Å²) in [6.45, 7) is 2.32. The average Bonchev–Trinajstić information content (AvgIpc) is 3.55. The highest BCUT2D eigenvalue weighted by atomic mass is 32.2. The fraction of sp³-hybridized carbons (Fsp3) is 0.333. The molecule has 0 aliphatic heterocycles. The molecule has 5 aromatic rings. The molecule has 0 fully saturated rings. The summed E-state index contributed by atoms with van der Waals surface area (Å²) in [6, 6.07) is 14.5. The van der Waals surface area contributed by atoms with Crippen LogP contribution in [0.15, 0.2) is 89.1 Å². The molecule has 1 N–H and O–H groups in total. The molecule has 1 amide bonds. The van der Waals surface area contributed by atoms with Crippen LogP contribution in [0.3, 0.4) is 0 Å². The van der Waals surface area contributed by atoms with E-state index >= 15 is 0 Å². The van der Waals surface area contributed by atoms with Gasteiger partial charge in [-0.25, -0.2) is 27.5 Å². The van der Waals surface area contributed by atoms with Crippen molar-refractivity contribution in [2.75, 3.05) is 40.3 Å². The Balaban J connectivity index is 1.65. The number of ether oxygens (including phenoxy) is 1. The predicted octanol–water partition coefficient (Wildman–Crippen LogP) is 4.72. The number of likely N-dealkylation sites (N-methyl/N-ethyl adjacent to an activating group) is 1. The number of aryl methyl sites for hydroxylation is 1. The maximum atomic E-state index is 14.6. The first-order chi connectivity index (χ1) is 25.1. The van der Waals surface area contributed by atoms with E-state index in [-0.39, 0.29) is 41.3 Å². The number of nitrogens with zero attached hydrogens (tertiary/aromatic N) is 6. The summed E-state index contributed by atoms with van der Waals surface area (Å²) >= 11 is 0. The van der Waals surface area contributed by atoms with E-state index in [4.69, 9.17) is 9.72 Å². The summed E-state index contributed by atoms with van der Waals surface area (Å²) in [6.07, 6.45) is -2.87.